The van der Waals surface area contributed by atoms with Crippen molar-refractivity contribution in [3.63, 3.8) is 0 Å². The molecule has 0 amide bonds. The molecule has 2 aromatic carbocycles. The summed E-state index contributed by atoms with van der Waals surface area (Å²) < 4.78 is 2.13. The van der Waals surface area contributed by atoms with Crippen LogP contribution in [0, 0.1) is 26.1 Å². The van der Waals surface area contributed by atoms with Crippen LogP contribution in [0.3, 0.4) is 0 Å². The maximum absolute atomic E-state index is 11.5. The Morgan fingerprint density at radius 2 is 1.81 bits per heavy atom. The molecule has 0 N–H and O–H groups in total. The van der Waals surface area contributed by atoms with E-state index in [1.807, 2.05) is 11.4 Å². The summed E-state index contributed by atoms with van der Waals surface area (Å²) in [5, 5.41) is 24.7. The Morgan fingerprint density at radius 1 is 1.03 bits per heavy atom. The standard InChI is InChI=1S/C22H22N4O4S/c1-15-7-2-4-11-19(15)24-21(16-8-6-9-17(13-16)25(27)28)14-31-22(24)23-18-10-3-5-12-20(18)26(29)30/h3,5-6,8-10,12-15,19H,2,4,7,11H2,1H3. The predicted octanol–water partition coefficient (Wildman–Crippen LogP) is 6.02. The topological polar surface area (TPSA) is 104 Å². The van der Waals surface area contributed by atoms with Crippen LogP contribution >= 0.6 is 11.3 Å². The second kappa shape index (κ2) is 8.81. The van der Waals surface area contributed by atoms with Crippen LogP contribution < -0.4 is 4.80 Å². The number of rotatable bonds is 5. The second-order valence-corrected chi connectivity index (χ2v) is 8.60. The van der Waals surface area contributed by atoms with E-state index < -0.39 is 9.85 Å². The minimum Gasteiger partial charge on any atom is -0.313 e. The van der Waals surface area contributed by atoms with Crippen LogP contribution in [0.2, 0.25) is 0 Å². The number of nitrogens with zero attached hydrogens (tertiary/aromatic N) is 4. The molecule has 2 unspecified atom stereocenters. The maximum atomic E-state index is 11.5. The molecular weight excluding hydrogens is 416 g/mol. The van der Waals surface area contributed by atoms with Crippen molar-refractivity contribution >= 4 is 28.4 Å². The summed E-state index contributed by atoms with van der Waals surface area (Å²) in [6, 6.07) is 13.2. The second-order valence-electron chi connectivity index (χ2n) is 7.77. The number of non-ortho nitro benzene ring substituents is 1. The molecule has 3 aromatic rings. The van der Waals surface area contributed by atoms with Gasteiger partial charge in [-0.2, -0.15) is 0 Å². The first-order valence-electron chi connectivity index (χ1n) is 10.2. The van der Waals surface area contributed by atoms with Crippen molar-refractivity contribution in [2.24, 2.45) is 10.9 Å². The van der Waals surface area contributed by atoms with Gasteiger partial charge in [0, 0.05) is 35.2 Å². The summed E-state index contributed by atoms with van der Waals surface area (Å²) in [5.74, 6) is 0.408. The Kier molecular flexibility index (Phi) is 5.94. The van der Waals surface area contributed by atoms with Crippen LogP contribution in [0.4, 0.5) is 17.1 Å². The molecule has 0 spiro atoms. The van der Waals surface area contributed by atoms with Crippen molar-refractivity contribution in [2.45, 2.75) is 38.6 Å². The SMILES string of the molecule is CC1CCCCC1n1c(-c2cccc([N+](=O)[O-])c2)csc1=Nc1ccccc1[N+](=O)[O-]. The summed E-state index contributed by atoms with van der Waals surface area (Å²) in [7, 11) is 0. The maximum Gasteiger partial charge on any atom is 0.294 e. The highest BCUT2D eigenvalue weighted by Gasteiger charge is 2.27. The Hall–Kier alpha value is -3.33. The van der Waals surface area contributed by atoms with Gasteiger partial charge in [0.2, 0.25) is 0 Å². The third kappa shape index (κ3) is 4.27. The Balaban J connectivity index is 1.93. The molecule has 4 rings (SSSR count). The molecule has 1 heterocycles. The molecule has 8 nitrogen and oxygen atoms in total. The Morgan fingerprint density at radius 3 is 2.55 bits per heavy atom. The van der Waals surface area contributed by atoms with Gasteiger partial charge in [-0.05, 0) is 24.8 Å². The van der Waals surface area contributed by atoms with Crippen LogP contribution in [-0.4, -0.2) is 14.4 Å². The van der Waals surface area contributed by atoms with Gasteiger partial charge in [-0.1, -0.05) is 44.0 Å². The molecule has 0 aliphatic heterocycles. The number of aromatic nitrogens is 1. The highest BCUT2D eigenvalue weighted by molar-refractivity contribution is 7.07. The highest BCUT2D eigenvalue weighted by atomic mass is 32.1. The minimum atomic E-state index is -0.429. The van der Waals surface area contributed by atoms with E-state index in [4.69, 9.17) is 0 Å². The fourth-order valence-electron chi connectivity index (χ4n) is 4.21. The van der Waals surface area contributed by atoms with Gasteiger partial charge in [0.15, 0.2) is 4.80 Å². The van der Waals surface area contributed by atoms with E-state index in [9.17, 15) is 20.2 Å². The summed E-state index contributed by atoms with van der Waals surface area (Å²) in [6.07, 6.45) is 4.33. The molecule has 1 fully saturated rings. The quantitative estimate of drug-likeness (QED) is 0.359. The lowest BCUT2D eigenvalue weighted by Crippen LogP contribution is -2.28. The fraction of sp³-hybridized carbons (Fsp3) is 0.318. The van der Waals surface area contributed by atoms with Crippen molar-refractivity contribution in [3.8, 4) is 11.3 Å². The van der Waals surface area contributed by atoms with E-state index in [0.29, 0.717) is 16.4 Å². The summed E-state index contributed by atoms with van der Waals surface area (Å²) in [4.78, 5) is 27.3. The third-order valence-electron chi connectivity index (χ3n) is 5.79. The smallest absolute Gasteiger partial charge is 0.294 e. The molecule has 160 valence electrons. The van der Waals surface area contributed by atoms with E-state index >= 15 is 0 Å². The van der Waals surface area contributed by atoms with Crippen molar-refractivity contribution < 1.29 is 9.85 Å². The van der Waals surface area contributed by atoms with E-state index in [-0.39, 0.29) is 17.4 Å². The normalized spacial score (nSPS) is 19.3. The highest BCUT2D eigenvalue weighted by Crippen LogP contribution is 2.37. The zero-order valence-corrected chi connectivity index (χ0v) is 17.8. The number of hydrogen-bond acceptors (Lipinski definition) is 6. The fourth-order valence-corrected chi connectivity index (χ4v) is 5.17. The van der Waals surface area contributed by atoms with Crippen LogP contribution in [-0.2, 0) is 0 Å². The first kappa shape index (κ1) is 20.9. The lowest BCUT2D eigenvalue weighted by Gasteiger charge is -2.31. The third-order valence-corrected chi connectivity index (χ3v) is 6.63. The van der Waals surface area contributed by atoms with Gasteiger partial charge in [-0.3, -0.25) is 20.2 Å². The monoisotopic (exact) mass is 438 g/mol. The molecule has 0 saturated heterocycles. The minimum absolute atomic E-state index is 0.0316. The first-order valence-corrected chi connectivity index (χ1v) is 11.1. The number of nitro groups is 2. The van der Waals surface area contributed by atoms with E-state index in [1.54, 1.807) is 30.3 Å². The Labute approximate surface area is 182 Å². The van der Waals surface area contributed by atoms with Gasteiger partial charge < -0.3 is 4.57 Å². The van der Waals surface area contributed by atoms with Crippen LogP contribution in [0.25, 0.3) is 11.3 Å². The molecule has 0 bridgehead atoms. The molecule has 31 heavy (non-hydrogen) atoms. The number of thiazole rings is 1. The van der Waals surface area contributed by atoms with Crippen LogP contribution in [0.15, 0.2) is 58.9 Å². The number of benzene rings is 2. The molecular formula is C22H22N4O4S. The zero-order chi connectivity index (χ0) is 22.0. The van der Waals surface area contributed by atoms with Crippen LogP contribution in [0.1, 0.15) is 38.6 Å². The van der Waals surface area contributed by atoms with Gasteiger partial charge in [0.1, 0.15) is 5.69 Å². The van der Waals surface area contributed by atoms with E-state index in [2.05, 4.69) is 16.5 Å². The van der Waals surface area contributed by atoms with Crippen LogP contribution in [0.5, 0.6) is 0 Å². The number of para-hydroxylation sites is 2. The van der Waals surface area contributed by atoms with Gasteiger partial charge in [0.25, 0.3) is 11.4 Å². The number of hydrogen-bond donors (Lipinski definition) is 0. The summed E-state index contributed by atoms with van der Waals surface area (Å²) in [5.41, 5.74) is 1.88. The lowest BCUT2D eigenvalue weighted by atomic mass is 9.85. The van der Waals surface area contributed by atoms with Gasteiger partial charge in [0.05, 0.1) is 15.5 Å². The molecule has 9 heteroatoms. The molecule has 0 radical (unpaired) electrons. The van der Waals surface area contributed by atoms with Gasteiger partial charge in [-0.15, -0.1) is 11.3 Å². The summed E-state index contributed by atoms with van der Waals surface area (Å²) in [6.45, 7) is 2.21. The first-order chi connectivity index (χ1) is 15.0. The largest absolute Gasteiger partial charge is 0.313 e. The zero-order valence-electron chi connectivity index (χ0n) is 17.0. The lowest BCUT2D eigenvalue weighted by molar-refractivity contribution is -0.384. The predicted molar refractivity (Wildman–Crippen MR) is 119 cm³/mol. The molecule has 1 saturated carbocycles. The molecule has 1 aliphatic carbocycles. The van der Waals surface area contributed by atoms with Crippen molar-refractivity contribution in [3.05, 3.63) is 78.9 Å². The summed E-state index contributed by atoms with van der Waals surface area (Å²) >= 11 is 1.40. The molecule has 2 atom stereocenters. The average molecular weight is 439 g/mol. The van der Waals surface area contributed by atoms with Gasteiger partial charge >= 0.3 is 0 Å². The van der Waals surface area contributed by atoms with Crippen molar-refractivity contribution in [1.29, 1.82) is 0 Å². The Bertz CT molecular complexity index is 1200. The molecule has 1 aliphatic rings. The van der Waals surface area contributed by atoms with Gasteiger partial charge in [-0.25, -0.2) is 4.99 Å². The van der Waals surface area contributed by atoms with Crippen molar-refractivity contribution in [2.75, 3.05) is 0 Å². The van der Waals surface area contributed by atoms with E-state index in [1.165, 1.54) is 29.9 Å². The molecule has 1 aromatic heterocycles. The average Bonchev–Trinajstić information content (AvgIpc) is 3.17. The van der Waals surface area contributed by atoms with Crippen molar-refractivity contribution in [1.82, 2.24) is 4.57 Å². The number of nitro benzene ring substituents is 2. The van der Waals surface area contributed by atoms with E-state index in [0.717, 1.165) is 30.5 Å².